The fourth-order valence-corrected chi connectivity index (χ4v) is 4.87. The molecule has 0 spiro atoms. The summed E-state index contributed by atoms with van der Waals surface area (Å²) in [5, 5.41) is 5.04. The molecule has 9 nitrogen and oxygen atoms in total. The van der Waals surface area contributed by atoms with E-state index in [-0.39, 0.29) is 17.5 Å². The van der Waals surface area contributed by atoms with Crippen molar-refractivity contribution in [2.75, 3.05) is 26.3 Å². The molecule has 1 aromatic carbocycles. The molecule has 1 fully saturated rings. The van der Waals surface area contributed by atoms with Gasteiger partial charge in [-0.1, -0.05) is 12.1 Å². The van der Waals surface area contributed by atoms with Crippen LogP contribution < -0.4 is 0 Å². The quantitative estimate of drug-likeness (QED) is 0.538. The van der Waals surface area contributed by atoms with Crippen molar-refractivity contribution in [1.29, 1.82) is 0 Å². The number of ether oxygens (including phenoxy) is 2. The van der Waals surface area contributed by atoms with E-state index in [0.717, 1.165) is 5.39 Å². The number of carbonyl (C=O) groups is 1. The maximum Gasteiger partial charge on any atom is 0.340 e. The first-order chi connectivity index (χ1) is 14.9. The number of pyridine rings is 1. The Kier molecular flexibility index (Phi) is 6.03. The Hall–Kier alpha value is -2.82. The lowest BCUT2D eigenvalue weighted by molar-refractivity contribution is 0.0472. The van der Waals surface area contributed by atoms with Crippen LogP contribution in [0.3, 0.4) is 0 Å². The molecule has 1 aliphatic heterocycles. The molecule has 3 aromatic rings. The van der Waals surface area contributed by atoms with Crippen LogP contribution in [0.4, 0.5) is 0 Å². The summed E-state index contributed by atoms with van der Waals surface area (Å²) in [5.74, 6) is -0.534. The van der Waals surface area contributed by atoms with Crippen LogP contribution in [0.1, 0.15) is 35.8 Å². The molecule has 0 amide bonds. The number of hydrogen-bond acceptors (Lipinski definition) is 7. The zero-order valence-corrected chi connectivity index (χ0v) is 18.2. The Morgan fingerprint density at radius 3 is 2.71 bits per heavy atom. The lowest BCUT2D eigenvalue weighted by atomic mass is 10.2. The Morgan fingerprint density at radius 2 is 1.97 bits per heavy atom. The van der Waals surface area contributed by atoms with Gasteiger partial charge in [0.05, 0.1) is 29.9 Å². The summed E-state index contributed by atoms with van der Waals surface area (Å²) in [6, 6.07) is 8.29. The maximum atomic E-state index is 12.8. The van der Waals surface area contributed by atoms with E-state index >= 15 is 0 Å². The molecule has 3 heterocycles. The molecule has 10 heteroatoms. The van der Waals surface area contributed by atoms with Gasteiger partial charge in [-0.3, -0.25) is 0 Å². The van der Waals surface area contributed by atoms with Crippen molar-refractivity contribution in [3.63, 3.8) is 0 Å². The van der Waals surface area contributed by atoms with Gasteiger partial charge in [0.25, 0.3) is 0 Å². The summed E-state index contributed by atoms with van der Waals surface area (Å²) in [7, 11) is -3.61. The number of sulfonamides is 1. The van der Waals surface area contributed by atoms with Crippen LogP contribution in [-0.2, 0) is 26.1 Å². The second-order valence-electron chi connectivity index (χ2n) is 7.56. The van der Waals surface area contributed by atoms with Crippen LogP contribution in [0.5, 0.6) is 0 Å². The number of rotatable bonds is 6. The van der Waals surface area contributed by atoms with E-state index in [2.05, 4.69) is 10.1 Å². The van der Waals surface area contributed by atoms with E-state index in [1.165, 1.54) is 16.6 Å². The van der Waals surface area contributed by atoms with Crippen molar-refractivity contribution in [3.8, 4) is 0 Å². The van der Waals surface area contributed by atoms with Crippen LogP contribution in [0.25, 0.3) is 11.0 Å². The van der Waals surface area contributed by atoms with Gasteiger partial charge in [-0.15, -0.1) is 0 Å². The highest BCUT2D eigenvalue weighted by molar-refractivity contribution is 7.89. The molecule has 0 bridgehead atoms. The van der Waals surface area contributed by atoms with Crippen LogP contribution in [0, 0.1) is 0 Å². The largest absolute Gasteiger partial charge is 0.457 e. The first-order valence-corrected chi connectivity index (χ1v) is 11.5. The number of aromatic nitrogens is 3. The van der Waals surface area contributed by atoms with Gasteiger partial charge in [-0.25, -0.2) is 22.9 Å². The third-order valence-corrected chi connectivity index (χ3v) is 6.93. The van der Waals surface area contributed by atoms with Crippen molar-refractivity contribution < 1.29 is 22.7 Å². The van der Waals surface area contributed by atoms with Crippen LogP contribution >= 0.6 is 0 Å². The molecule has 0 saturated carbocycles. The van der Waals surface area contributed by atoms with Gasteiger partial charge in [0.1, 0.15) is 6.61 Å². The van der Waals surface area contributed by atoms with Gasteiger partial charge in [-0.05, 0) is 37.6 Å². The average Bonchev–Trinajstić information content (AvgIpc) is 3.22. The lowest BCUT2D eigenvalue weighted by Gasteiger charge is -2.26. The number of fused-ring (bicyclic) bond motifs is 1. The van der Waals surface area contributed by atoms with E-state index in [1.807, 2.05) is 13.8 Å². The molecule has 4 rings (SSSR count). The second-order valence-corrected chi connectivity index (χ2v) is 9.50. The summed E-state index contributed by atoms with van der Waals surface area (Å²) in [6.45, 7) is 5.37. The fraction of sp³-hybridized carbons (Fsp3) is 0.381. The van der Waals surface area contributed by atoms with Crippen molar-refractivity contribution >= 4 is 27.0 Å². The average molecular weight is 445 g/mol. The molecule has 1 saturated heterocycles. The Morgan fingerprint density at radius 1 is 1.19 bits per heavy atom. The van der Waals surface area contributed by atoms with Gasteiger partial charge in [0.15, 0.2) is 5.65 Å². The molecular formula is C21H24N4O5S. The smallest absolute Gasteiger partial charge is 0.340 e. The van der Waals surface area contributed by atoms with Gasteiger partial charge >= 0.3 is 5.97 Å². The van der Waals surface area contributed by atoms with E-state index in [1.54, 1.807) is 35.1 Å². The Labute approximate surface area is 180 Å². The van der Waals surface area contributed by atoms with E-state index in [4.69, 9.17) is 9.47 Å². The van der Waals surface area contributed by atoms with Crippen molar-refractivity contribution in [3.05, 3.63) is 53.9 Å². The molecule has 0 radical (unpaired) electrons. The number of hydrogen-bond donors (Lipinski definition) is 0. The molecule has 164 valence electrons. The topological polar surface area (TPSA) is 104 Å². The predicted octanol–water partition coefficient (Wildman–Crippen LogP) is 2.39. The molecule has 0 atom stereocenters. The number of morpholine rings is 1. The summed E-state index contributed by atoms with van der Waals surface area (Å²) in [5.41, 5.74) is 1.60. The summed E-state index contributed by atoms with van der Waals surface area (Å²) >= 11 is 0. The number of benzene rings is 1. The number of esters is 1. The Bertz CT molecular complexity index is 1200. The van der Waals surface area contributed by atoms with Crippen LogP contribution in [0.15, 0.2) is 47.6 Å². The highest BCUT2D eigenvalue weighted by Gasteiger charge is 2.26. The molecule has 2 aromatic heterocycles. The second kappa shape index (κ2) is 8.74. The molecular weight excluding hydrogens is 420 g/mol. The van der Waals surface area contributed by atoms with E-state index < -0.39 is 16.0 Å². The maximum absolute atomic E-state index is 12.8. The predicted molar refractivity (Wildman–Crippen MR) is 113 cm³/mol. The lowest BCUT2D eigenvalue weighted by Crippen LogP contribution is -2.40. The minimum absolute atomic E-state index is 0.0470. The SMILES string of the molecule is CC(C)n1ncc2cc(C(=O)OCc3cccc(S(=O)(=O)N4CCOCC4)c3)cnc21. The summed E-state index contributed by atoms with van der Waals surface area (Å²) in [4.78, 5) is 17.0. The minimum Gasteiger partial charge on any atom is -0.457 e. The molecule has 0 N–H and O–H groups in total. The number of nitrogens with zero attached hydrogens (tertiary/aromatic N) is 4. The van der Waals surface area contributed by atoms with Gasteiger partial charge in [-0.2, -0.15) is 9.40 Å². The minimum atomic E-state index is -3.61. The van der Waals surface area contributed by atoms with Crippen molar-refractivity contribution in [2.24, 2.45) is 0 Å². The zero-order chi connectivity index (χ0) is 22.0. The third-order valence-electron chi connectivity index (χ3n) is 5.03. The van der Waals surface area contributed by atoms with E-state index in [9.17, 15) is 13.2 Å². The Balaban J connectivity index is 1.46. The highest BCUT2D eigenvalue weighted by Crippen LogP contribution is 2.20. The van der Waals surface area contributed by atoms with Gasteiger partial charge in [0.2, 0.25) is 10.0 Å². The summed E-state index contributed by atoms with van der Waals surface area (Å²) in [6.07, 6.45) is 3.13. The van der Waals surface area contributed by atoms with E-state index in [0.29, 0.717) is 43.1 Å². The molecule has 31 heavy (non-hydrogen) atoms. The standard InChI is InChI=1S/C21H24N4O5S/c1-15(2)25-20-17(13-23-25)11-18(12-22-20)21(26)30-14-16-4-3-5-19(10-16)31(27,28)24-6-8-29-9-7-24/h3-5,10-13,15H,6-9,14H2,1-2H3. The highest BCUT2D eigenvalue weighted by atomic mass is 32.2. The van der Waals surface area contributed by atoms with Crippen LogP contribution in [0.2, 0.25) is 0 Å². The molecule has 0 aliphatic carbocycles. The zero-order valence-electron chi connectivity index (χ0n) is 17.4. The summed E-state index contributed by atoms with van der Waals surface area (Å²) < 4.78 is 39.4. The fourth-order valence-electron chi connectivity index (χ4n) is 3.39. The first-order valence-electron chi connectivity index (χ1n) is 10.0. The normalized spacial score (nSPS) is 15.5. The van der Waals surface area contributed by atoms with Crippen LogP contribution in [-0.4, -0.2) is 59.8 Å². The van der Waals surface area contributed by atoms with Crippen molar-refractivity contribution in [1.82, 2.24) is 19.1 Å². The van der Waals surface area contributed by atoms with Gasteiger partial charge in [0, 0.05) is 30.7 Å². The molecule has 0 unspecified atom stereocenters. The number of carbonyl (C=O) groups excluding carboxylic acids is 1. The van der Waals surface area contributed by atoms with Crippen molar-refractivity contribution in [2.45, 2.75) is 31.4 Å². The van der Waals surface area contributed by atoms with Gasteiger partial charge < -0.3 is 9.47 Å². The monoisotopic (exact) mass is 444 g/mol. The molecule has 1 aliphatic rings. The third kappa shape index (κ3) is 4.46. The first kappa shape index (κ1) is 21.4.